The fraction of sp³-hybridized carbons (Fsp3) is 0.474. The first-order valence-electron chi connectivity index (χ1n) is 9.49. The molecule has 3 N–H and O–H groups in total. The molecule has 3 aromatic rings. The summed E-state index contributed by atoms with van der Waals surface area (Å²) in [6.45, 7) is 6.25. The number of aliphatic hydroxyl groups excluding tert-OH is 1. The molecular formula is C19H24F2N6O2. The number of carbonyl (C=O) groups is 1. The van der Waals surface area contributed by atoms with E-state index in [-0.39, 0.29) is 17.3 Å². The van der Waals surface area contributed by atoms with Crippen molar-refractivity contribution in [2.45, 2.75) is 39.7 Å². The van der Waals surface area contributed by atoms with E-state index < -0.39 is 17.7 Å². The summed E-state index contributed by atoms with van der Waals surface area (Å²) in [4.78, 5) is 16.1. The maximum absolute atomic E-state index is 13.7. The number of nitrogens with zero attached hydrogens (tertiary/aromatic N) is 4. The van der Waals surface area contributed by atoms with Gasteiger partial charge in [0.25, 0.3) is 0 Å². The summed E-state index contributed by atoms with van der Waals surface area (Å²) >= 11 is 0. The van der Waals surface area contributed by atoms with Crippen LogP contribution in [-0.2, 0) is 4.79 Å². The fourth-order valence-electron chi connectivity index (χ4n) is 2.96. The summed E-state index contributed by atoms with van der Waals surface area (Å²) in [6, 6.07) is 2.13. The number of aryl methyl sites for hydroxylation is 1. The monoisotopic (exact) mass is 406 g/mol. The van der Waals surface area contributed by atoms with Crippen molar-refractivity contribution >= 4 is 28.4 Å². The highest BCUT2D eigenvalue weighted by Gasteiger charge is 2.18. The van der Waals surface area contributed by atoms with Crippen LogP contribution in [0, 0.1) is 24.5 Å². The second-order valence-corrected chi connectivity index (χ2v) is 7.24. The van der Waals surface area contributed by atoms with Gasteiger partial charge in [-0.3, -0.25) is 9.20 Å². The van der Waals surface area contributed by atoms with Gasteiger partial charge in [0.15, 0.2) is 17.5 Å². The van der Waals surface area contributed by atoms with Crippen LogP contribution in [0.15, 0.2) is 12.1 Å². The van der Waals surface area contributed by atoms with E-state index in [0.717, 1.165) is 18.6 Å². The Hall–Kier alpha value is -2.88. The SMILES string of the molecule is Cc1nnc2c(NCCCCNC(=O)[C@H](O)C(C)C)nc3cc(F)c(F)cc3n12. The topological polar surface area (TPSA) is 104 Å². The van der Waals surface area contributed by atoms with Crippen molar-refractivity contribution in [3.8, 4) is 0 Å². The molecule has 2 heterocycles. The summed E-state index contributed by atoms with van der Waals surface area (Å²) in [5.41, 5.74) is 1.10. The van der Waals surface area contributed by atoms with Crippen molar-refractivity contribution in [2.24, 2.45) is 5.92 Å². The summed E-state index contributed by atoms with van der Waals surface area (Å²) in [7, 11) is 0. The zero-order chi connectivity index (χ0) is 21.1. The van der Waals surface area contributed by atoms with Crippen molar-refractivity contribution < 1.29 is 18.7 Å². The van der Waals surface area contributed by atoms with Gasteiger partial charge in [0.1, 0.15) is 11.9 Å². The van der Waals surface area contributed by atoms with Gasteiger partial charge in [-0.15, -0.1) is 10.2 Å². The van der Waals surface area contributed by atoms with Crippen LogP contribution in [0.2, 0.25) is 0 Å². The van der Waals surface area contributed by atoms with E-state index in [4.69, 9.17) is 0 Å². The number of carbonyl (C=O) groups excluding carboxylic acids is 1. The van der Waals surface area contributed by atoms with Crippen LogP contribution in [0.3, 0.4) is 0 Å². The van der Waals surface area contributed by atoms with E-state index in [1.54, 1.807) is 25.2 Å². The predicted molar refractivity (Wildman–Crippen MR) is 105 cm³/mol. The van der Waals surface area contributed by atoms with Crippen molar-refractivity contribution in [3.63, 3.8) is 0 Å². The van der Waals surface area contributed by atoms with Gasteiger partial charge in [0, 0.05) is 25.2 Å². The van der Waals surface area contributed by atoms with E-state index in [0.29, 0.717) is 42.3 Å². The number of fused-ring (bicyclic) bond motifs is 3. The molecule has 1 amide bonds. The Labute approximate surface area is 166 Å². The molecule has 3 rings (SSSR count). The molecule has 0 saturated carbocycles. The number of benzene rings is 1. The first-order chi connectivity index (χ1) is 13.8. The Morgan fingerprint density at radius 2 is 1.86 bits per heavy atom. The van der Waals surface area contributed by atoms with Gasteiger partial charge in [-0.2, -0.15) is 0 Å². The molecule has 29 heavy (non-hydrogen) atoms. The van der Waals surface area contributed by atoms with Gasteiger partial charge in [-0.25, -0.2) is 13.8 Å². The molecule has 0 unspecified atom stereocenters. The normalized spacial score (nSPS) is 12.7. The first kappa shape index (κ1) is 20.8. The third kappa shape index (κ3) is 4.42. The highest BCUT2D eigenvalue weighted by Crippen LogP contribution is 2.23. The largest absolute Gasteiger partial charge is 0.383 e. The molecule has 0 aliphatic heterocycles. The average Bonchev–Trinajstić information content (AvgIpc) is 3.07. The molecule has 0 spiro atoms. The van der Waals surface area contributed by atoms with E-state index in [1.165, 1.54) is 0 Å². The van der Waals surface area contributed by atoms with Crippen LogP contribution >= 0.6 is 0 Å². The van der Waals surface area contributed by atoms with Crippen molar-refractivity contribution in [1.82, 2.24) is 24.9 Å². The molecule has 8 nitrogen and oxygen atoms in total. The highest BCUT2D eigenvalue weighted by atomic mass is 19.2. The zero-order valence-corrected chi connectivity index (χ0v) is 16.5. The second-order valence-electron chi connectivity index (χ2n) is 7.24. The molecule has 0 aliphatic rings. The molecule has 1 atom stereocenters. The Morgan fingerprint density at radius 3 is 2.59 bits per heavy atom. The van der Waals surface area contributed by atoms with Crippen LogP contribution < -0.4 is 10.6 Å². The standard InChI is InChI=1S/C19H24F2N6O2/c1-10(2)16(28)19(29)23-7-5-4-6-22-17-18-26-25-11(3)27(18)15-9-13(21)12(20)8-14(15)24-17/h8-10,16,28H,4-7H2,1-3H3,(H,22,24)(H,23,29)/t16-/m1/s1. The quantitative estimate of drug-likeness (QED) is 0.496. The molecule has 0 radical (unpaired) electrons. The Balaban J connectivity index is 1.65. The number of anilines is 1. The minimum absolute atomic E-state index is 0.136. The number of rotatable bonds is 8. The van der Waals surface area contributed by atoms with Crippen molar-refractivity contribution in [2.75, 3.05) is 18.4 Å². The predicted octanol–water partition coefficient (Wildman–Crippen LogP) is 2.19. The Kier molecular flexibility index (Phi) is 6.21. The summed E-state index contributed by atoms with van der Waals surface area (Å²) in [6.07, 6.45) is 0.401. The summed E-state index contributed by atoms with van der Waals surface area (Å²) in [5.74, 6) is -1.49. The number of amides is 1. The maximum atomic E-state index is 13.7. The first-order valence-corrected chi connectivity index (χ1v) is 9.49. The van der Waals surface area contributed by atoms with E-state index >= 15 is 0 Å². The van der Waals surface area contributed by atoms with Gasteiger partial charge >= 0.3 is 0 Å². The third-order valence-electron chi connectivity index (χ3n) is 4.62. The maximum Gasteiger partial charge on any atom is 0.249 e. The van der Waals surface area contributed by atoms with Crippen LogP contribution in [0.4, 0.5) is 14.6 Å². The minimum atomic E-state index is -1.01. The summed E-state index contributed by atoms with van der Waals surface area (Å²) in [5, 5.41) is 23.6. The molecule has 0 saturated heterocycles. The third-order valence-corrected chi connectivity index (χ3v) is 4.62. The van der Waals surface area contributed by atoms with Gasteiger partial charge in [0.05, 0.1) is 11.0 Å². The van der Waals surface area contributed by atoms with E-state index in [2.05, 4.69) is 25.8 Å². The number of aliphatic hydroxyl groups is 1. The molecule has 0 bridgehead atoms. The summed E-state index contributed by atoms with van der Waals surface area (Å²) < 4.78 is 28.9. The van der Waals surface area contributed by atoms with E-state index in [1.807, 2.05) is 0 Å². The molecule has 1 aromatic carbocycles. The number of aromatic nitrogens is 4. The molecule has 10 heteroatoms. The van der Waals surface area contributed by atoms with Crippen LogP contribution in [0.5, 0.6) is 0 Å². The van der Waals surface area contributed by atoms with Crippen LogP contribution in [0.1, 0.15) is 32.5 Å². The number of hydrogen-bond acceptors (Lipinski definition) is 6. The van der Waals surface area contributed by atoms with Crippen LogP contribution in [0.25, 0.3) is 16.7 Å². The highest BCUT2D eigenvalue weighted by molar-refractivity contribution is 5.83. The molecule has 156 valence electrons. The van der Waals surface area contributed by atoms with Crippen molar-refractivity contribution in [3.05, 3.63) is 29.6 Å². The number of unbranched alkanes of at least 4 members (excludes halogenated alkanes) is 1. The van der Waals surface area contributed by atoms with Gasteiger partial charge in [0.2, 0.25) is 11.6 Å². The zero-order valence-electron chi connectivity index (χ0n) is 16.5. The lowest BCUT2D eigenvalue weighted by atomic mass is 10.1. The average molecular weight is 406 g/mol. The van der Waals surface area contributed by atoms with Gasteiger partial charge in [-0.05, 0) is 25.7 Å². The molecule has 0 fully saturated rings. The Morgan fingerprint density at radius 1 is 1.17 bits per heavy atom. The number of nitrogens with one attached hydrogen (secondary N) is 2. The molecule has 0 aliphatic carbocycles. The number of hydrogen-bond donors (Lipinski definition) is 3. The lowest BCUT2D eigenvalue weighted by Gasteiger charge is -2.14. The number of halogens is 2. The van der Waals surface area contributed by atoms with E-state index in [9.17, 15) is 18.7 Å². The van der Waals surface area contributed by atoms with Crippen LogP contribution in [-0.4, -0.2) is 49.8 Å². The minimum Gasteiger partial charge on any atom is -0.383 e. The fourth-order valence-corrected chi connectivity index (χ4v) is 2.96. The Bertz CT molecular complexity index is 1040. The lowest BCUT2D eigenvalue weighted by molar-refractivity contribution is -0.131. The van der Waals surface area contributed by atoms with Gasteiger partial charge < -0.3 is 15.7 Å². The lowest BCUT2D eigenvalue weighted by Crippen LogP contribution is -2.38. The molecule has 2 aromatic heterocycles. The second kappa shape index (κ2) is 8.64. The molecular weight excluding hydrogens is 382 g/mol. The smallest absolute Gasteiger partial charge is 0.249 e. The van der Waals surface area contributed by atoms with Gasteiger partial charge in [-0.1, -0.05) is 13.8 Å². The van der Waals surface area contributed by atoms with Crippen molar-refractivity contribution in [1.29, 1.82) is 0 Å².